The summed E-state index contributed by atoms with van der Waals surface area (Å²) >= 11 is 6.44. The Bertz CT molecular complexity index is 1580. The summed E-state index contributed by atoms with van der Waals surface area (Å²) < 4.78 is 0. The van der Waals surface area contributed by atoms with Crippen molar-refractivity contribution in [3.63, 3.8) is 0 Å². The molecule has 0 radical (unpaired) electrons. The fourth-order valence-corrected chi connectivity index (χ4v) is 7.73. The topological polar surface area (TPSA) is 67.7 Å². The lowest BCUT2D eigenvalue weighted by Crippen LogP contribution is -2.42. The Kier molecular flexibility index (Phi) is 7.49. The van der Waals surface area contributed by atoms with Crippen molar-refractivity contribution in [2.24, 2.45) is 5.41 Å². The highest BCUT2D eigenvalue weighted by Gasteiger charge is 2.44. The number of likely N-dealkylation sites (tertiary alicyclic amines) is 2. The number of hydrogen-bond donors (Lipinski definition) is 0. The molecule has 0 aromatic heterocycles. The summed E-state index contributed by atoms with van der Waals surface area (Å²) in [5, 5.41) is 9.55. The highest BCUT2D eigenvalue weighted by molar-refractivity contribution is 6.33. The number of hydrogen-bond acceptors (Lipinski definition) is 4. The summed E-state index contributed by atoms with van der Waals surface area (Å²) in [4.78, 5) is 34.2. The molecule has 0 bridgehead atoms. The predicted molar refractivity (Wildman–Crippen MR) is 167 cm³/mol. The molecule has 43 heavy (non-hydrogen) atoms. The molecule has 6 nitrogen and oxygen atoms in total. The van der Waals surface area contributed by atoms with Gasteiger partial charge in [0.15, 0.2) is 0 Å². The second kappa shape index (κ2) is 11.4. The molecule has 2 saturated heterocycles. The molecule has 1 atom stereocenters. The van der Waals surface area contributed by atoms with Gasteiger partial charge >= 0.3 is 0 Å². The number of nitrogens with zero attached hydrogens (tertiary/aromatic N) is 4. The van der Waals surface area contributed by atoms with Crippen LogP contribution in [0.2, 0.25) is 5.02 Å². The van der Waals surface area contributed by atoms with Crippen LogP contribution >= 0.6 is 11.6 Å². The van der Waals surface area contributed by atoms with Gasteiger partial charge in [-0.15, -0.1) is 0 Å². The first kappa shape index (κ1) is 28.1. The van der Waals surface area contributed by atoms with Gasteiger partial charge in [-0.05, 0) is 117 Å². The molecule has 220 valence electrons. The van der Waals surface area contributed by atoms with Crippen molar-refractivity contribution in [1.29, 1.82) is 5.26 Å². The number of piperidine rings is 1. The van der Waals surface area contributed by atoms with Crippen LogP contribution in [0.15, 0.2) is 66.7 Å². The number of aryl methyl sites for hydroxylation is 1. The van der Waals surface area contributed by atoms with Gasteiger partial charge in [-0.2, -0.15) is 5.26 Å². The van der Waals surface area contributed by atoms with Gasteiger partial charge in [0.2, 0.25) is 0 Å². The third kappa shape index (κ3) is 5.57. The zero-order valence-corrected chi connectivity index (χ0v) is 25.2. The van der Waals surface area contributed by atoms with E-state index in [1.54, 1.807) is 6.07 Å². The van der Waals surface area contributed by atoms with Crippen LogP contribution in [0.5, 0.6) is 0 Å². The smallest absolute Gasteiger partial charge is 0.256 e. The van der Waals surface area contributed by atoms with Gasteiger partial charge in [0.05, 0.1) is 28.3 Å². The minimum absolute atomic E-state index is 0.00492. The normalized spacial score (nSPS) is 21.0. The van der Waals surface area contributed by atoms with Crippen LogP contribution in [-0.4, -0.2) is 58.7 Å². The van der Waals surface area contributed by atoms with Crippen molar-refractivity contribution in [1.82, 2.24) is 14.7 Å². The van der Waals surface area contributed by atoms with Gasteiger partial charge < -0.3 is 9.80 Å². The average molecular weight is 593 g/mol. The Morgan fingerprint density at radius 3 is 2.42 bits per heavy atom. The summed E-state index contributed by atoms with van der Waals surface area (Å²) in [6.07, 6.45) is 7.08. The molecule has 2 heterocycles. The summed E-state index contributed by atoms with van der Waals surface area (Å²) in [7, 11) is 0. The lowest BCUT2D eigenvalue weighted by Gasteiger charge is -2.39. The van der Waals surface area contributed by atoms with E-state index in [2.05, 4.69) is 45.0 Å². The van der Waals surface area contributed by atoms with Gasteiger partial charge in [0, 0.05) is 31.2 Å². The van der Waals surface area contributed by atoms with Crippen molar-refractivity contribution in [2.75, 3.05) is 26.2 Å². The maximum absolute atomic E-state index is 13.8. The Morgan fingerprint density at radius 2 is 1.70 bits per heavy atom. The van der Waals surface area contributed by atoms with Crippen molar-refractivity contribution < 1.29 is 9.59 Å². The zero-order valence-electron chi connectivity index (χ0n) is 24.5. The van der Waals surface area contributed by atoms with E-state index in [0.29, 0.717) is 16.1 Å². The fourth-order valence-electron chi connectivity index (χ4n) is 7.52. The van der Waals surface area contributed by atoms with E-state index in [4.69, 9.17) is 16.9 Å². The van der Waals surface area contributed by atoms with Crippen molar-refractivity contribution in [3.05, 3.63) is 105 Å². The van der Waals surface area contributed by atoms with Crippen LogP contribution in [0, 0.1) is 16.7 Å². The molecule has 7 rings (SSSR count). The first-order chi connectivity index (χ1) is 20.9. The molecule has 7 heteroatoms. The lowest BCUT2D eigenvalue weighted by atomic mass is 9.77. The average Bonchev–Trinajstić information content (AvgIpc) is 3.66. The maximum Gasteiger partial charge on any atom is 0.256 e. The molecule has 3 fully saturated rings. The van der Waals surface area contributed by atoms with Crippen LogP contribution in [0.3, 0.4) is 0 Å². The fraction of sp³-hybridized carbons (Fsp3) is 0.417. The number of carbonyl (C=O) groups is 2. The minimum atomic E-state index is -0.0237. The second-order valence-electron chi connectivity index (χ2n) is 13.0. The van der Waals surface area contributed by atoms with E-state index in [1.165, 1.54) is 11.1 Å². The first-order valence-corrected chi connectivity index (χ1v) is 16.0. The third-order valence-electron chi connectivity index (χ3n) is 10.2. The van der Waals surface area contributed by atoms with E-state index in [1.807, 2.05) is 36.4 Å². The lowest BCUT2D eigenvalue weighted by molar-refractivity contribution is 0.0658. The molecular weight excluding hydrogens is 556 g/mol. The number of amides is 2. The summed E-state index contributed by atoms with van der Waals surface area (Å²) in [6.45, 7) is 4.57. The molecule has 0 N–H and O–H groups in total. The Hall–Kier alpha value is -3.66. The molecule has 2 aliphatic heterocycles. The van der Waals surface area contributed by atoms with Crippen LogP contribution < -0.4 is 0 Å². The Labute approximate surface area is 258 Å². The highest BCUT2D eigenvalue weighted by atomic mass is 35.5. The van der Waals surface area contributed by atoms with Crippen LogP contribution in [0.1, 0.15) is 87.5 Å². The molecule has 1 spiro atoms. The minimum Gasteiger partial charge on any atom is -0.338 e. The molecule has 4 aliphatic rings. The van der Waals surface area contributed by atoms with Crippen molar-refractivity contribution in [2.45, 2.75) is 63.6 Å². The maximum atomic E-state index is 13.8. The summed E-state index contributed by atoms with van der Waals surface area (Å²) in [6, 6.07) is 23.8. The largest absolute Gasteiger partial charge is 0.338 e. The molecule has 1 saturated carbocycles. The first-order valence-electron chi connectivity index (χ1n) is 15.6. The van der Waals surface area contributed by atoms with Crippen LogP contribution in [0.4, 0.5) is 0 Å². The van der Waals surface area contributed by atoms with Gasteiger partial charge in [-0.3, -0.25) is 14.5 Å². The third-order valence-corrected chi connectivity index (χ3v) is 10.5. The van der Waals surface area contributed by atoms with Gasteiger partial charge in [-0.1, -0.05) is 41.9 Å². The number of carbonyl (C=O) groups excluding carboxylic acids is 2. The summed E-state index contributed by atoms with van der Waals surface area (Å²) in [5.74, 6) is 0.107. The molecular formula is C36H37ClN4O2. The quantitative estimate of drug-likeness (QED) is 0.322. The van der Waals surface area contributed by atoms with E-state index in [0.717, 1.165) is 88.8 Å². The standard InChI is InChI=1S/C36H37ClN4O2/c37-32-4-2-1-3-30(32)35(43)41(29-12-13-29)33-14-11-27-9-10-28(21-31(27)33)34(42)40-20-17-36(24-40)15-18-39(19-16-36)23-26-7-5-25(22-38)6-8-26/h1-10,21,29,33H,11-20,23-24H2. The Morgan fingerprint density at radius 1 is 0.953 bits per heavy atom. The van der Waals surface area contributed by atoms with Crippen molar-refractivity contribution in [3.8, 4) is 6.07 Å². The Balaban J connectivity index is 1.02. The van der Waals surface area contributed by atoms with Gasteiger partial charge in [-0.25, -0.2) is 0 Å². The molecule has 2 amide bonds. The molecule has 2 aliphatic carbocycles. The summed E-state index contributed by atoms with van der Waals surface area (Å²) in [5.41, 5.74) is 5.79. The second-order valence-corrected chi connectivity index (χ2v) is 13.4. The zero-order chi connectivity index (χ0) is 29.6. The van der Waals surface area contributed by atoms with Crippen molar-refractivity contribution >= 4 is 23.4 Å². The van der Waals surface area contributed by atoms with Crippen LogP contribution in [-0.2, 0) is 13.0 Å². The molecule has 3 aromatic rings. The number of benzene rings is 3. The predicted octanol–water partition coefficient (Wildman–Crippen LogP) is 6.63. The van der Waals surface area contributed by atoms with E-state index >= 15 is 0 Å². The van der Waals surface area contributed by atoms with Gasteiger partial charge in [0.1, 0.15) is 0 Å². The number of fused-ring (bicyclic) bond motifs is 1. The van der Waals surface area contributed by atoms with E-state index in [-0.39, 0.29) is 29.3 Å². The van der Waals surface area contributed by atoms with Crippen LogP contribution in [0.25, 0.3) is 0 Å². The SMILES string of the molecule is N#Cc1ccc(CN2CCC3(CC2)CCN(C(=O)c2ccc4c(c2)C(N(C(=O)c2ccccc2Cl)C2CC2)CC4)C3)cc1. The van der Waals surface area contributed by atoms with E-state index in [9.17, 15) is 9.59 Å². The highest BCUT2D eigenvalue weighted by Crippen LogP contribution is 2.44. The van der Waals surface area contributed by atoms with Gasteiger partial charge in [0.25, 0.3) is 11.8 Å². The number of halogens is 1. The number of nitriles is 1. The van der Waals surface area contributed by atoms with E-state index < -0.39 is 0 Å². The number of rotatable bonds is 6. The molecule has 1 unspecified atom stereocenters. The molecule has 3 aromatic carbocycles. The monoisotopic (exact) mass is 592 g/mol.